The number of nitrogens with one attached hydrogen (secondary N) is 2. The van der Waals surface area contributed by atoms with E-state index in [1.54, 1.807) is 24.3 Å². The minimum Gasteiger partial charge on any atom is -0.495 e. The van der Waals surface area contributed by atoms with Crippen LogP contribution in [0.25, 0.3) is 0 Å². The lowest BCUT2D eigenvalue weighted by Crippen LogP contribution is -2.20. The van der Waals surface area contributed by atoms with E-state index in [0.717, 1.165) is 0 Å². The van der Waals surface area contributed by atoms with Crippen LogP contribution in [0.1, 0.15) is 10.4 Å². The average Bonchev–Trinajstić information content (AvgIpc) is 2.48. The molecule has 21 heavy (non-hydrogen) atoms. The van der Waals surface area contributed by atoms with Crippen molar-refractivity contribution < 1.29 is 19.4 Å². The second-order valence-corrected chi connectivity index (χ2v) is 4.02. The standard InChI is InChI=1S/C14H13N3O4/c1-21-11-5-3-2-4-10(11)16-14(20)17-12-7-6-9(8-15-12)13(18)19/h2-8H,1H3,(H,18,19)(H2,15,16,17,20). The van der Waals surface area contributed by atoms with Crippen molar-refractivity contribution in [2.75, 3.05) is 17.7 Å². The zero-order valence-electron chi connectivity index (χ0n) is 11.2. The highest BCUT2D eigenvalue weighted by Gasteiger charge is 2.08. The minimum absolute atomic E-state index is 0.0469. The van der Waals surface area contributed by atoms with Gasteiger partial charge in [-0.1, -0.05) is 12.1 Å². The molecule has 2 aromatic rings. The molecule has 108 valence electrons. The Morgan fingerprint density at radius 3 is 2.52 bits per heavy atom. The molecule has 2 amide bonds. The number of nitrogens with zero attached hydrogens (tertiary/aromatic N) is 1. The van der Waals surface area contributed by atoms with Crippen LogP contribution >= 0.6 is 0 Å². The number of carboxylic acids is 1. The van der Waals surface area contributed by atoms with Crippen LogP contribution in [0.15, 0.2) is 42.6 Å². The van der Waals surface area contributed by atoms with E-state index in [-0.39, 0.29) is 11.4 Å². The minimum atomic E-state index is -1.08. The molecule has 0 atom stereocenters. The Bertz CT molecular complexity index is 656. The number of methoxy groups -OCH3 is 1. The number of amides is 2. The topological polar surface area (TPSA) is 101 Å². The van der Waals surface area contributed by atoms with Gasteiger partial charge in [0.2, 0.25) is 0 Å². The van der Waals surface area contributed by atoms with Gasteiger partial charge in [0.25, 0.3) is 0 Å². The van der Waals surface area contributed by atoms with E-state index >= 15 is 0 Å². The summed E-state index contributed by atoms with van der Waals surface area (Å²) < 4.78 is 5.12. The molecule has 7 nitrogen and oxygen atoms in total. The van der Waals surface area contributed by atoms with Gasteiger partial charge in [-0.2, -0.15) is 0 Å². The zero-order chi connectivity index (χ0) is 15.2. The Morgan fingerprint density at radius 1 is 1.14 bits per heavy atom. The number of anilines is 2. The first-order chi connectivity index (χ1) is 10.1. The van der Waals surface area contributed by atoms with Crippen molar-refractivity contribution >= 4 is 23.5 Å². The fourth-order valence-electron chi connectivity index (χ4n) is 1.61. The Labute approximate surface area is 120 Å². The zero-order valence-corrected chi connectivity index (χ0v) is 11.2. The number of hydrogen-bond acceptors (Lipinski definition) is 4. The largest absolute Gasteiger partial charge is 0.495 e. The van der Waals surface area contributed by atoms with Gasteiger partial charge >= 0.3 is 12.0 Å². The average molecular weight is 287 g/mol. The number of aromatic nitrogens is 1. The van der Waals surface area contributed by atoms with Crippen LogP contribution in [0.2, 0.25) is 0 Å². The van der Waals surface area contributed by atoms with E-state index < -0.39 is 12.0 Å². The van der Waals surface area contributed by atoms with Crippen LogP contribution < -0.4 is 15.4 Å². The fraction of sp³-hybridized carbons (Fsp3) is 0.0714. The molecule has 1 aromatic heterocycles. The smallest absolute Gasteiger partial charge is 0.337 e. The number of para-hydroxylation sites is 2. The van der Waals surface area contributed by atoms with Gasteiger partial charge in [0, 0.05) is 6.20 Å². The summed E-state index contributed by atoms with van der Waals surface area (Å²) in [6, 6.07) is 9.22. The van der Waals surface area contributed by atoms with E-state index in [0.29, 0.717) is 11.4 Å². The Kier molecular flexibility index (Phi) is 4.35. The number of rotatable bonds is 4. The number of benzene rings is 1. The molecule has 3 N–H and O–H groups in total. The first-order valence-electron chi connectivity index (χ1n) is 6.00. The van der Waals surface area contributed by atoms with Gasteiger partial charge in [-0.15, -0.1) is 0 Å². The van der Waals surface area contributed by atoms with Crippen LogP contribution in [-0.2, 0) is 0 Å². The van der Waals surface area contributed by atoms with Gasteiger partial charge in [0.1, 0.15) is 11.6 Å². The van der Waals surface area contributed by atoms with Crippen LogP contribution in [0.4, 0.5) is 16.3 Å². The molecule has 0 radical (unpaired) electrons. The van der Waals surface area contributed by atoms with Gasteiger partial charge in [-0.25, -0.2) is 14.6 Å². The third-order valence-electron chi connectivity index (χ3n) is 2.61. The summed E-state index contributed by atoms with van der Waals surface area (Å²) in [6.07, 6.45) is 1.17. The quantitative estimate of drug-likeness (QED) is 0.801. The predicted molar refractivity (Wildman–Crippen MR) is 76.8 cm³/mol. The van der Waals surface area contributed by atoms with E-state index in [4.69, 9.17) is 9.84 Å². The lowest BCUT2D eigenvalue weighted by molar-refractivity contribution is 0.0696. The van der Waals surface area contributed by atoms with E-state index in [1.165, 1.54) is 25.4 Å². The van der Waals surface area contributed by atoms with E-state index in [9.17, 15) is 9.59 Å². The number of hydrogen-bond donors (Lipinski definition) is 3. The molecule has 0 fully saturated rings. The summed E-state index contributed by atoms with van der Waals surface area (Å²) in [5.74, 6) is -0.304. The van der Waals surface area contributed by atoms with Crippen molar-refractivity contribution in [3.05, 3.63) is 48.2 Å². The number of aromatic carboxylic acids is 1. The summed E-state index contributed by atoms with van der Waals surface area (Å²) in [4.78, 5) is 26.4. The number of carbonyl (C=O) groups is 2. The van der Waals surface area contributed by atoms with Crippen LogP contribution in [0.5, 0.6) is 5.75 Å². The fourth-order valence-corrected chi connectivity index (χ4v) is 1.61. The summed E-state index contributed by atoms with van der Waals surface area (Å²) in [6.45, 7) is 0. The summed E-state index contributed by atoms with van der Waals surface area (Å²) in [7, 11) is 1.50. The molecule has 1 heterocycles. The van der Waals surface area contributed by atoms with Crippen molar-refractivity contribution in [2.45, 2.75) is 0 Å². The maximum absolute atomic E-state index is 11.8. The van der Waals surface area contributed by atoms with Crippen molar-refractivity contribution in [2.24, 2.45) is 0 Å². The van der Waals surface area contributed by atoms with Gasteiger partial charge < -0.3 is 15.2 Å². The molecule has 0 unspecified atom stereocenters. The highest BCUT2D eigenvalue weighted by molar-refractivity contribution is 6.00. The summed E-state index contributed by atoms with van der Waals surface area (Å²) in [5, 5.41) is 13.9. The molecule has 2 rings (SSSR count). The maximum Gasteiger partial charge on any atom is 0.337 e. The predicted octanol–water partition coefficient (Wildman–Crippen LogP) is 2.43. The van der Waals surface area contributed by atoms with Crippen molar-refractivity contribution in [3.63, 3.8) is 0 Å². The van der Waals surface area contributed by atoms with Crippen molar-refractivity contribution in [3.8, 4) is 5.75 Å². The normalized spacial score (nSPS) is 9.76. The maximum atomic E-state index is 11.8. The molecule has 0 aliphatic heterocycles. The third kappa shape index (κ3) is 3.69. The van der Waals surface area contributed by atoms with E-state index in [2.05, 4.69) is 15.6 Å². The lowest BCUT2D eigenvalue weighted by atomic mass is 10.3. The van der Waals surface area contributed by atoms with E-state index in [1.807, 2.05) is 0 Å². The molecular weight excluding hydrogens is 274 g/mol. The van der Waals surface area contributed by atoms with Crippen LogP contribution in [0.3, 0.4) is 0 Å². The number of ether oxygens (including phenoxy) is 1. The van der Waals surface area contributed by atoms with Crippen molar-refractivity contribution in [1.82, 2.24) is 4.98 Å². The molecule has 0 bridgehead atoms. The SMILES string of the molecule is COc1ccccc1NC(=O)Nc1ccc(C(=O)O)cn1. The number of urea groups is 1. The first-order valence-corrected chi connectivity index (χ1v) is 6.00. The lowest BCUT2D eigenvalue weighted by Gasteiger charge is -2.10. The molecule has 0 saturated heterocycles. The molecule has 7 heteroatoms. The van der Waals surface area contributed by atoms with Crippen LogP contribution in [0, 0.1) is 0 Å². The number of carboxylic acid groups (broad SMARTS) is 1. The summed E-state index contributed by atoms with van der Waals surface area (Å²) in [5.41, 5.74) is 0.561. The Balaban J connectivity index is 2.03. The number of carbonyl (C=O) groups excluding carboxylic acids is 1. The second kappa shape index (κ2) is 6.38. The van der Waals surface area contributed by atoms with Gasteiger partial charge in [0.05, 0.1) is 18.4 Å². The molecule has 0 saturated carbocycles. The molecule has 0 spiro atoms. The highest BCUT2D eigenvalue weighted by Crippen LogP contribution is 2.23. The molecule has 0 aliphatic carbocycles. The first kappa shape index (κ1) is 14.3. The summed E-state index contributed by atoms with van der Waals surface area (Å²) >= 11 is 0. The van der Waals surface area contributed by atoms with Gasteiger partial charge in [-0.3, -0.25) is 5.32 Å². The molecular formula is C14H13N3O4. The number of pyridine rings is 1. The van der Waals surface area contributed by atoms with Crippen LogP contribution in [-0.4, -0.2) is 29.2 Å². The second-order valence-electron chi connectivity index (χ2n) is 4.02. The van der Waals surface area contributed by atoms with Gasteiger partial charge in [-0.05, 0) is 24.3 Å². The third-order valence-corrected chi connectivity index (χ3v) is 2.61. The highest BCUT2D eigenvalue weighted by atomic mass is 16.5. The molecule has 0 aliphatic rings. The Hall–Kier alpha value is -3.09. The van der Waals surface area contributed by atoms with Crippen molar-refractivity contribution in [1.29, 1.82) is 0 Å². The Morgan fingerprint density at radius 2 is 1.90 bits per heavy atom. The van der Waals surface area contributed by atoms with Gasteiger partial charge in [0.15, 0.2) is 0 Å². The molecule has 1 aromatic carbocycles. The monoisotopic (exact) mass is 287 g/mol.